The number of benzene rings is 2. The Balaban J connectivity index is 1.83. The van der Waals surface area contributed by atoms with Crippen LogP contribution in [0.2, 0.25) is 0 Å². The molecule has 130 valence electrons. The minimum atomic E-state index is 0.486. The van der Waals surface area contributed by atoms with Crippen molar-refractivity contribution in [1.29, 1.82) is 5.26 Å². The van der Waals surface area contributed by atoms with E-state index in [1.807, 2.05) is 25.2 Å². The molecule has 26 heavy (non-hydrogen) atoms. The molecular weight excluding hydrogens is 324 g/mol. The van der Waals surface area contributed by atoms with Crippen LogP contribution in [0, 0.1) is 25.2 Å². The fraction of sp³-hybridized carbons (Fsp3) is 0.150. The van der Waals surface area contributed by atoms with Crippen molar-refractivity contribution in [2.75, 3.05) is 23.0 Å². The third-order valence-electron chi connectivity index (χ3n) is 4.12. The highest BCUT2D eigenvalue weighted by atomic mass is 15.1. The number of hydrogen-bond acceptors (Lipinski definition) is 6. The quantitative estimate of drug-likeness (QED) is 0.632. The van der Waals surface area contributed by atoms with Crippen LogP contribution in [0.4, 0.5) is 28.8 Å². The molecule has 0 bridgehead atoms. The fourth-order valence-corrected chi connectivity index (χ4v) is 2.68. The Bertz CT molecular complexity index is 957. The molecule has 0 atom stereocenters. The minimum absolute atomic E-state index is 0.486. The number of nitrogens with one attached hydrogen (secondary N) is 3. The lowest BCUT2D eigenvalue weighted by atomic mass is 10.1. The van der Waals surface area contributed by atoms with Crippen molar-refractivity contribution in [2.45, 2.75) is 13.8 Å². The van der Waals surface area contributed by atoms with Gasteiger partial charge in [0.2, 0.25) is 5.95 Å². The van der Waals surface area contributed by atoms with E-state index in [-0.39, 0.29) is 0 Å². The summed E-state index contributed by atoms with van der Waals surface area (Å²) in [5.41, 5.74) is 5.81. The van der Waals surface area contributed by atoms with E-state index in [1.54, 1.807) is 18.3 Å². The van der Waals surface area contributed by atoms with Crippen LogP contribution in [0.1, 0.15) is 16.7 Å². The molecule has 1 heterocycles. The molecule has 0 aliphatic rings. The highest BCUT2D eigenvalue weighted by Crippen LogP contribution is 2.29. The average molecular weight is 344 g/mol. The normalized spacial score (nSPS) is 10.1. The molecule has 0 spiro atoms. The summed E-state index contributed by atoms with van der Waals surface area (Å²) in [5, 5.41) is 18.6. The Labute approximate surface area is 152 Å². The van der Waals surface area contributed by atoms with Crippen molar-refractivity contribution in [2.24, 2.45) is 0 Å². The van der Waals surface area contributed by atoms with E-state index in [2.05, 4.69) is 58.0 Å². The second kappa shape index (κ2) is 7.53. The Morgan fingerprint density at radius 1 is 0.962 bits per heavy atom. The number of nitriles is 1. The topological polar surface area (TPSA) is 85.7 Å². The van der Waals surface area contributed by atoms with Gasteiger partial charge in [-0.05, 0) is 61.4 Å². The predicted octanol–water partition coefficient (Wildman–Crippen LogP) is 4.49. The largest absolute Gasteiger partial charge is 0.388 e. The van der Waals surface area contributed by atoms with Crippen LogP contribution >= 0.6 is 0 Å². The summed E-state index contributed by atoms with van der Waals surface area (Å²) in [6.07, 6.45) is 1.70. The molecule has 6 heteroatoms. The van der Waals surface area contributed by atoms with Crippen LogP contribution in [0.3, 0.4) is 0 Å². The molecule has 0 unspecified atom stereocenters. The third-order valence-corrected chi connectivity index (χ3v) is 4.12. The predicted molar refractivity (Wildman–Crippen MR) is 105 cm³/mol. The van der Waals surface area contributed by atoms with Crippen molar-refractivity contribution in [1.82, 2.24) is 9.97 Å². The van der Waals surface area contributed by atoms with Crippen LogP contribution < -0.4 is 16.0 Å². The summed E-state index contributed by atoms with van der Waals surface area (Å²) in [7, 11) is 1.91. The summed E-state index contributed by atoms with van der Waals surface area (Å²) < 4.78 is 0. The van der Waals surface area contributed by atoms with E-state index in [0.717, 1.165) is 28.2 Å². The second-order valence-corrected chi connectivity index (χ2v) is 5.88. The van der Waals surface area contributed by atoms with Crippen molar-refractivity contribution < 1.29 is 0 Å². The zero-order valence-electron chi connectivity index (χ0n) is 15.0. The number of nitrogens with zero attached hydrogens (tertiary/aromatic N) is 3. The molecule has 1 aromatic heterocycles. The van der Waals surface area contributed by atoms with Crippen LogP contribution in [0.25, 0.3) is 0 Å². The molecule has 0 saturated heterocycles. The van der Waals surface area contributed by atoms with Crippen LogP contribution in [0.15, 0.2) is 48.7 Å². The van der Waals surface area contributed by atoms with Gasteiger partial charge in [-0.2, -0.15) is 10.2 Å². The Hall–Kier alpha value is -3.59. The summed E-state index contributed by atoms with van der Waals surface area (Å²) in [4.78, 5) is 8.78. The Morgan fingerprint density at radius 3 is 2.42 bits per heavy atom. The Morgan fingerprint density at radius 2 is 1.73 bits per heavy atom. The van der Waals surface area contributed by atoms with E-state index >= 15 is 0 Å². The molecule has 0 aliphatic carbocycles. The second-order valence-electron chi connectivity index (χ2n) is 5.88. The maximum Gasteiger partial charge on any atom is 0.229 e. The number of hydrogen-bond donors (Lipinski definition) is 3. The van der Waals surface area contributed by atoms with Gasteiger partial charge in [0.1, 0.15) is 5.82 Å². The van der Waals surface area contributed by atoms with Gasteiger partial charge in [0.25, 0.3) is 0 Å². The molecule has 0 aliphatic heterocycles. The molecule has 0 amide bonds. The lowest BCUT2D eigenvalue weighted by Gasteiger charge is -2.16. The van der Waals surface area contributed by atoms with E-state index in [0.29, 0.717) is 17.3 Å². The van der Waals surface area contributed by atoms with Gasteiger partial charge in [-0.15, -0.1) is 0 Å². The van der Waals surface area contributed by atoms with E-state index < -0.39 is 0 Å². The number of aryl methyl sites for hydroxylation is 1. The van der Waals surface area contributed by atoms with Gasteiger partial charge in [0.15, 0.2) is 0 Å². The van der Waals surface area contributed by atoms with E-state index in [1.165, 1.54) is 0 Å². The number of anilines is 5. The van der Waals surface area contributed by atoms with Crippen molar-refractivity contribution in [3.05, 3.63) is 65.4 Å². The summed E-state index contributed by atoms with van der Waals surface area (Å²) in [6.45, 7) is 4.13. The highest BCUT2D eigenvalue weighted by Gasteiger charge is 2.08. The van der Waals surface area contributed by atoms with Gasteiger partial charge in [0, 0.05) is 30.3 Å². The maximum atomic E-state index is 8.87. The van der Waals surface area contributed by atoms with Gasteiger partial charge in [-0.1, -0.05) is 6.07 Å². The molecule has 2 aromatic carbocycles. The first-order valence-corrected chi connectivity index (χ1v) is 8.26. The minimum Gasteiger partial charge on any atom is -0.388 e. The number of aromatic nitrogens is 2. The first kappa shape index (κ1) is 17.2. The van der Waals surface area contributed by atoms with E-state index in [4.69, 9.17) is 5.26 Å². The highest BCUT2D eigenvalue weighted by molar-refractivity contribution is 5.72. The van der Waals surface area contributed by atoms with E-state index in [9.17, 15) is 0 Å². The van der Waals surface area contributed by atoms with Gasteiger partial charge in [-0.3, -0.25) is 0 Å². The third kappa shape index (κ3) is 3.73. The maximum absolute atomic E-state index is 8.87. The molecule has 3 rings (SSSR count). The van der Waals surface area contributed by atoms with Crippen molar-refractivity contribution >= 4 is 28.8 Å². The monoisotopic (exact) mass is 344 g/mol. The van der Waals surface area contributed by atoms with Crippen LogP contribution in [-0.4, -0.2) is 17.0 Å². The summed E-state index contributed by atoms with van der Waals surface area (Å²) in [6, 6.07) is 15.2. The van der Waals surface area contributed by atoms with Crippen LogP contribution in [-0.2, 0) is 0 Å². The summed E-state index contributed by atoms with van der Waals surface area (Å²) in [5.74, 6) is 1.19. The summed E-state index contributed by atoms with van der Waals surface area (Å²) >= 11 is 0. The van der Waals surface area contributed by atoms with Gasteiger partial charge in [-0.25, -0.2) is 4.98 Å². The standard InChI is InChI=1S/C20H20N6/c1-13-4-9-17(22-3)14(2)19(13)25-18-10-11-23-20(26-18)24-16-7-5-15(12-21)6-8-16/h4-11,22H,1-3H3,(H2,23,24,25,26). The zero-order chi connectivity index (χ0) is 18.5. The first-order chi connectivity index (χ1) is 12.6. The molecular formula is C20H20N6. The van der Waals surface area contributed by atoms with Gasteiger partial charge >= 0.3 is 0 Å². The molecule has 0 radical (unpaired) electrons. The average Bonchev–Trinajstić information content (AvgIpc) is 2.66. The van der Waals surface area contributed by atoms with Crippen molar-refractivity contribution in [3.8, 4) is 6.07 Å². The molecule has 3 N–H and O–H groups in total. The molecule has 3 aromatic rings. The first-order valence-electron chi connectivity index (χ1n) is 8.26. The molecule has 0 saturated carbocycles. The molecule has 6 nitrogen and oxygen atoms in total. The smallest absolute Gasteiger partial charge is 0.229 e. The lowest BCUT2D eigenvalue weighted by molar-refractivity contribution is 1.16. The molecule has 0 fully saturated rings. The SMILES string of the molecule is CNc1ccc(C)c(Nc2ccnc(Nc3ccc(C#N)cc3)n2)c1C. The Kier molecular flexibility index (Phi) is 4.99. The van der Waals surface area contributed by atoms with Gasteiger partial charge in [0.05, 0.1) is 11.6 Å². The lowest BCUT2D eigenvalue weighted by Crippen LogP contribution is -2.03. The fourth-order valence-electron chi connectivity index (χ4n) is 2.68. The zero-order valence-corrected chi connectivity index (χ0v) is 15.0. The number of rotatable bonds is 5. The van der Waals surface area contributed by atoms with Crippen LogP contribution in [0.5, 0.6) is 0 Å². The van der Waals surface area contributed by atoms with Crippen molar-refractivity contribution in [3.63, 3.8) is 0 Å². The van der Waals surface area contributed by atoms with Gasteiger partial charge < -0.3 is 16.0 Å².